The second-order valence-corrected chi connectivity index (χ2v) is 8.97. The normalized spacial score (nSPS) is 15.1. The lowest BCUT2D eigenvalue weighted by molar-refractivity contribution is -0.121. The zero-order chi connectivity index (χ0) is 25.5. The zero-order valence-electron chi connectivity index (χ0n) is 20.2. The molecule has 4 N–H and O–H groups in total. The van der Waals surface area contributed by atoms with Crippen LogP contribution in [0.25, 0.3) is 0 Å². The molecular formula is C28H30N4O4. The fourth-order valence-corrected chi connectivity index (χ4v) is 4.31. The number of aromatic carboxylic acids is 1. The highest BCUT2D eigenvalue weighted by Gasteiger charge is 2.22. The number of nitrogens with zero attached hydrogens (tertiary/aromatic N) is 1. The van der Waals surface area contributed by atoms with Crippen molar-refractivity contribution in [3.63, 3.8) is 0 Å². The Kier molecular flexibility index (Phi) is 7.85. The first-order valence-electron chi connectivity index (χ1n) is 12.0. The van der Waals surface area contributed by atoms with Crippen molar-refractivity contribution >= 4 is 35.0 Å². The number of benzene rings is 3. The third kappa shape index (κ3) is 6.63. The highest BCUT2D eigenvalue weighted by Crippen LogP contribution is 2.21. The molecule has 1 fully saturated rings. The topological polar surface area (TPSA) is 111 Å². The van der Waals surface area contributed by atoms with Crippen LogP contribution in [0.5, 0.6) is 0 Å². The van der Waals surface area contributed by atoms with Crippen LogP contribution in [0, 0.1) is 6.92 Å². The number of urea groups is 1. The number of para-hydroxylation sites is 1. The van der Waals surface area contributed by atoms with Gasteiger partial charge in [0.25, 0.3) is 0 Å². The van der Waals surface area contributed by atoms with Gasteiger partial charge in [0.2, 0.25) is 5.91 Å². The number of carboxylic acid groups (broad SMARTS) is 1. The van der Waals surface area contributed by atoms with Crippen LogP contribution in [0.15, 0.2) is 72.8 Å². The molecule has 8 heteroatoms. The summed E-state index contributed by atoms with van der Waals surface area (Å²) in [4.78, 5) is 38.2. The summed E-state index contributed by atoms with van der Waals surface area (Å²) in [6.07, 6.45) is 2.09. The van der Waals surface area contributed by atoms with E-state index in [1.54, 1.807) is 24.3 Å². The smallest absolute Gasteiger partial charge is 0.335 e. The van der Waals surface area contributed by atoms with E-state index in [2.05, 4.69) is 20.9 Å². The monoisotopic (exact) mass is 486 g/mol. The van der Waals surface area contributed by atoms with Gasteiger partial charge in [-0.05, 0) is 73.4 Å². The fraction of sp³-hybridized carbons (Fsp3) is 0.250. The van der Waals surface area contributed by atoms with Crippen molar-refractivity contribution in [3.05, 3.63) is 89.5 Å². The van der Waals surface area contributed by atoms with Gasteiger partial charge in [0.05, 0.1) is 12.0 Å². The minimum Gasteiger partial charge on any atom is -0.478 e. The lowest BCUT2D eigenvalue weighted by Gasteiger charge is -2.34. The average Bonchev–Trinajstić information content (AvgIpc) is 2.87. The summed E-state index contributed by atoms with van der Waals surface area (Å²) in [5.41, 5.74) is 4.44. The number of hydrogen-bond donors (Lipinski definition) is 4. The van der Waals surface area contributed by atoms with E-state index in [1.807, 2.05) is 55.5 Å². The Balaban J connectivity index is 1.26. The summed E-state index contributed by atoms with van der Waals surface area (Å²) in [5.74, 6) is -0.999. The van der Waals surface area contributed by atoms with Crippen molar-refractivity contribution in [1.29, 1.82) is 0 Å². The highest BCUT2D eigenvalue weighted by atomic mass is 16.4. The molecule has 3 amide bonds. The van der Waals surface area contributed by atoms with Crippen molar-refractivity contribution < 1.29 is 19.5 Å². The third-order valence-electron chi connectivity index (χ3n) is 6.24. The second-order valence-electron chi connectivity index (χ2n) is 8.97. The van der Waals surface area contributed by atoms with E-state index in [4.69, 9.17) is 5.11 Å². The number of carbonyl (C=O) groups excluding carboxylic acids is 2. The number of rotatable bonds is 7. The zero-order valence-corrected chi connectivity index (χ0v) is 20.2. The Morgan fingerprint density at radius 1 is 0.944 bits per heavy atom. The van der Waals surface area contributed by atoms with Crippen molar-refractivity contribution in [1.82, 2.24) is 5.32 Å². The van der Waals surface area contributed by atoms with Gasteiger partial charge in [0.15, 0.2) is 0 Å². The van der Waals surface area contributed by atoms with E-state index in [9.17, 15) is 14.4 Å². The Hall–Kier alpha value is -4.33. The van der Waals surface area contributed by atoms with Gasteiger partial charge in [-0.2, -0.15) is 0 Å². The largest absolute Gasteiger partial charge is 0.478 e. The summed E-state index contributed by atoms with van der Waals surface area (Å²) < 4.78 is 0. The lowest BCUT2D eigenvalue weighted by atomic mass is 10.0. The molecule has 0 aromatic heterocycles. The van der Waals surface area contributed by atoms with Crippen LogP contribution in [0.3, 0.4) is 0 Å². The van der Waals surface area contributed by atoms with Crippen LogP contribution >= 0.6 is 0 Å². The number of hydrogen-bond acceptors (Lipinski definition) is 4. The van der Waals surface area contributed by atoms with Gasteiger partial charge in [-0.1, -0.05) is 30.3 Å². The lowest BCUT2D eigenvalue weighted by Crippen LogP contribution is -2.48. The van der Waals surface area contributed by atoms with E-state index in [1.165, 1.54) is 0 Å². The van der Waals surface area contributed by atoms with Crippen LogP contribution < -0.4 is 20.9 Å². The van der Waals surface area contributed by atoms with Crippen molar-refractivity contribution in [2.24, 2.45) is 0 Å². The molecule has 1 atom stereocenters. The molecule has 1 unspecified atom stereocenters. The SMILES string of the molecule is Cc1ccccc1NC(=O)Nc1ccc(CC(=O)NC2CCCN(c3ccc(C(=O)O)cc3)C2)cc1. The molecule has 8 nitrogen and oxygen atoms in total. The van der Waals surface area contributed by atoms with Crippen molar-refractivity contribution in [2.45, 2.75) is 32.2 Å². The third-order valence-corrected chi connectivity index (χ3v) is 6.24. The maximum Gasteiger partial charge on any atom is 0.335 e. The summed E-state index contributed by atoms with van der Waals surface area (Å²) >= 11 is 0. The Morgan fingerprint density at radius 3 is 2.36 bits per heavy atom. The molecule has 0 radical (unpaired) electrons. The first-order chi connectivity index (χ1) is 17.4. The number of anilines is 3. The molecule has 0 bridgehead atoms. The Bertz CT molecular complexity index is 1230. The average molecular weight is 487 g/mol. The van der Waals surface area contributed by atoms with E-state index in [0.717, 1.165) is 41.9 Å². The minimum absolute atomic E-state index is 0.0245. The summed E-state index contributed by atoms with van der Waals surface area (Å²) in [6, 6.07) is 21.3. The quantitative estimate of drug-likeness (QED) is 0.388. The molecule has 0 aliphatic carbocycles. The van der Waals surface area contributed by atoms with E-state index >= 15 is 0 Å². The minimum atomic E-state index is -0.945. The van der Waals surface area contributed by atoms with Crippen LogP contribution in [0.2, 0.25) is 0 Å². The Labute approximate surface area is 210 Å². The molecule has 4 rings (SSSR count). The van der Waals surface area contributed by atoms with Gasteiger partial charge in [0, 0.05) is 36.2 Å². The van der Waals surface area contributed by atoms with Gasteiger partial charge < -0.3 is 26.0 Å². The molecule has 186 valence electrons. The summed E-state index contributed by atoms with van der Waals surface area (Å²) in [6.45, 7) is 3.47. The number of nitrogens with one attached hydrogen (secondary N) is 3. The summed E-state index contributed by atoms with van der Waals surface area (Å²) in [7, 11) is 0. The second kappa shape index (κ2) is 11.4. The van der Waals surface area contributed by atoms with Crippen molar-refractivity contribution in [3.8, 4) is 0 Å². The summed E-state index contributed by atoms with van der Waals surface area (Å²) in [5, 5.41) is 17.8. The van der Waals surface area contributed by atoms with Crippen LogP contribution in [-0.4, -0.2) is 42.1 Å². The molecule has 1 saturated heterocycles. The standard InChI is InChI=1S/C28H30N4O4/c1-19-5-2-3-7-25(19)31-28(36)30-22-12-8-20(9-13-22)17-26(33)29-23-6-4-16-32(18-23)24-14-10-21(11-15-24)27(34)35/h2-3,5,7-15,23H,4,6,16-18H2,1H3,(H,29,33)(H,34,35)(H2,30,31,36). The maximum absolute atomic E-state index is 12.7. The van der Waals surface area contributed by atoms with Gasteiger partial charge >= 0.3 is 12.0 Å². The predicted molar refractivity (Wildman–Crippen MR) is 141 cm³/mol. The molecule has 1 aliphatic rings. The van der Waals surface area contributed by atoms with Crippen LogP contribution in [-0.2, 0) is 11.2 Å². The number of amides is 3. The van der Waals surface area contributed by atoms with E-state index in [0.29, 0.717) is 12.2 Å². The predicted octanol–water partition coefficient (Wildman–Crippen LogP) is 4.66. The highest BCUT2D eigenvalue weighted by molar-refractivity contribution is 6.00. The molecule has 0 saturated carbocycles. The first-order valence-corrected chi connectivity index (χ1v) is 12.0. The molecule has 1 heterocycles. The van der Waals surface area contributed by atoms with Crippen LogP contribution in [0.4, 0.5) is 21.9 Å². The first kappa shape index (κ1) is 24.8. The fourth-order valence-electron chi connectivity index (χ4n) is 4.31. The van der Waals surface area contributed by atoms with Gasteiger partial charge in [-0.15, -0.1) is 0 Å². The van der Waals surface area contributed by atoms with Gasteiger partial charge in [-0.3, -0.25) is 4.79 Å². The van der Waals surface area contributed by atoms with Crippen LogP contribution in [0.1, 0.15) is 34.3 Å². The number of carboxylic acids is 1. The number of aryl methyl sites for hydroxylation is 1. The molecule has 1 aliphatic heterocycles. The molecular weight excluding hydrogens is 456 g/mol. The van der Waals surface area contributed by atoms with Gasteiger partial charge in [-0.25, -0.2) is 9.59 Å². The number of carbonyl (C=O) groups is 3. The number of piperidine rings is 1. The molecule has 3 aromatic rings. The van der Waals surface area contributed by atoms with E-state index < -0.39 is 5.97 Å². The Morgan fingerprint density at radius 2 is 1.67 bits per heavy atom. The maximum atomic E-state index is 12.7. The molecule has 36 heavy (non-hydrogen) atoms. The van der Waals surface area contributed by atoms with Gasteiger partial charge in [0.1, 0.15) is 0 Å². The van der Waals surface area contributed by atoms with E-state index in [-0.39, 0.29) is 30.0 Å². The molecule has 3 aromatic carbocycles. The molecule has 0 spiro atoms. The van der Waals surface area contributed by atoms with Crippen molar-refractivity contribution in [2.75, 3.05) is 28.6 Å².